The monoisotopic (exact) mass is 398 g/mol. The Bertz CT molecular complexity index is 1040. The number of ether oxygens (including phenoxy) is 2. The van der Waals surface area contributed by atoms with Gasteiger partial charge in [-0.15, -0.1) is 0 Å². The molecule has 0 aliphatic heterocycles. The molecule has 0 fully saturated rings. The summed E-state index contributed by atoms with van der Waals surface area (Å²) >= 11 is 0. The fourth-order valence-electron chi connectivity index (χ4n) is 2.53. The van der Waals surface area contributed by atoms with Crippen molar-refractivity contribution in [1.82, 2.24) is 14.3 Å². The summed E-state index contributed by atoms with van der Waals surface area (Å²) in [7, 11) is 0. The van der Waals surface area contributed by atoms with E-state index in [1.807, 2.05) is 30.3 Å². The van der Waals surface area contributed by atoms with Crippen LogP contribution in [-0.2, 0) is 17.9 Å². The number of amides is 1. The number of carbonyl (C=O) groups excluding carboxylic acids is 1. The second-order valence-electron chi connectivity index (χ2n) is 6.08. The predicted molar refractivity (Wildman–Crippen MR) is 103 cm³/mol. The Morgan fingerprint density at radius 2 is 1.86 bits per heavy atom. The lowest BCUT2D eigenvalue weighted by molar-refractivity contribution is 0.164. The van der Waals surface area contributed by atoms with Gasteiger partial charge in [0, 0.05) is 5.57 Å². The normalized spacial score (nSPS) is 11.3. The number of primary amides is 1. The molecule has 2 aromatic carbocycles. The minimum absolute atomic E-state index is 0.0424. The smallest absolute Gasteiger partial charge is 0.404 e. The van der Waals surface area contributed by atoms with Gasteiger partial charge in [0.1, 0.15) is 25.3 Å². The first kappa shape index (κ1) is 19.9. The minimum Gasteiger partial charge on any atom is -0.489 e. The molecule has 8 nitrogen and oxygen atoms in total. The molecule has 3 aromatic rings. The second-order valence-corrected chi connectivity index (χ2v) is 6.08. The molecule has 0 spiro atoms. The Morgan fingerprint density at radius 3 is 2.52 bits per heavy atom. The number of hydrogen-bond donors (Lipinski definition) is 1. The summed E-state index contributed by atoms with van der Waals surface area (Å²) in [5.41, 5.74) is 6.05. The number of carbonyl (C=O) groups is 1. The van der Waals surface area contributed by atoms with Gasteiger partial charge in [0.05, 0.1) is 18.6 Å². The van der Waals surface area contributed by atoms with Crippen LogP contribution in [0.15, 0.2) is 77.6 Å². The van der Waals surface area contributed by atoms with Crippen molar-refractivity contribution in [2.45, 2.75) is 13.2 Å². The van der Waals surface area contributed by atoms with Gasteiger partial charge in [-0.2, -0.15) is 5.10 Å². The number of nitrogens with zero attached hydrogens (tertiary/aromatic N) is 3. The van der Waals surface area contributed by atoms with Gasteiger partial charge < -0.3 is 15.2 Å². The standard InChI is InChI=1S/C20H19FN4O4/c21-10-16(13-29-19(22)26)11-25-20(27)24(14-23-25)17-6-8-18(9-7-17)28-12-15-4-2-1-3-5-15/h1-10,14H,11-13H2,(H2,22,26)/b16-10-. The third-order valence-electron chi connectivity index (χ3n) is 4.00. The van der Waals surface area contributed by atoms with Crippen molar-refractivity contribution < 1.29 is 18.7 Å². The molecule has 2 N–H and O–H groups in total. The van der Waals surface area contributed by atoms with E-state index in [9.17, 15) is 14.0 Å². The highest BCUT2D eigenvalue weighted by atomic mass is 19.1. The minimum atomic E-state index is -1.03. The zero-order valence-corrected chi connectivity index (χ0v) is 15.4. The van der Waals surface area contributed by atoms with Gasteiger partial charge in [-0.1, -0.05) is 30.3 Å². The highest BCUT2D eigenvalue weighted by Crippen LogP contribution is 2.16. The number of rotatable bonds is 8. The van der Waals surface area contributed by atoms with Crippen LogP contribution in [0.3, 0.4) is 0 Å². The molecule has 0 saturated heterocycles. The van der Waals surface area contributed by atoms with Gasteiger partial charge >= 0.3 is 11.8 Å². The van der Waals surface area contributed by atoms with Crippen LogP contribution in [0, 0.1) is 0 Å². The van der Waals surface area contributed by atoms with Gasteiger partial charge in [-0.05, 0) is 29.8 Å². The molecule has 0 unspecified atom stereocenters. The van der Waals surface area contributed by atoms with Crippen molar-refractivity contribution >= 4 is 6.09 Å². The average molecular weight is 398 g/mol. The highest BCUT2D eigenvalue weighted by molar-refractivity contribution is 5.64. The molecule has 29 heavy (non-hydrogen) atoms. The molecular weight excluding hydrogens is 379 g/mol. The van der Waals surface area contributed by atoms with Crippen LogP contribution in [0.2, 0.25) is 0 Å². The van der Waals surface area contributed by atoms with Crippen LogP contribution in [0.5, 0.6) is 5.75 Å². The molecule has 3 rings (SSSR count). The van der Waals surface area contributed by atoms with Crippen LogP contribution < -0.4 is 16.2 Å². The average Bonchev–Trinajstić information content (AvgIpc) is 3.10. The Labute approximate surface area is 165 Å². The van der Waals surface area contributed by atoms with Gasteiger partial charge in [0.15, 0.2) is 0 Å². The molecule has 1 amide bonds. The van der Waals surface area contributed by atoms with Gasteiger partial charge in [-0.3, -0.25) is 0 Å². The van der Waals surface area contributed by atoms with Crippen molar-refractivity contribution in [3.8, 4) is 11.4 Å². The second kappa shape index (κ2) is 9.36. The maximum Gasteiger partial charge on any atom is 0.404 e. The molecule has 1 heterocycles. The Hall–Kier alpha value is -3.88. The molecule has 0 radical (unpaired) electrons. The van der Waals surface area contributed by atoms with E-state index in [4.69, 9.17) is 10.5 Å². The fraction of sp³-hybridized carbons (Fsp3) is 0.150. The SMILES string of the molecule is NC(=O)OC/C(=C\F)Cn1ncn(-c2ccc(OCc3ccccc3)cc2)c1=O. The van der Waals surface area contributed by atoms with Crippen LogP contribution >= 0.6 is 0 Å². The largest absolute Gasteiger partial charge is 0.489 e. The van der Waals surface area contributed by atoms with E-state index in [1.165, 1.54) is 10.9 Å². The zero-order valence-electron chi connectivity index (χ0n) is 15.4. The summed E-state index contributed by atoms with van der Waals surface area (Å²) in [6.07, 6.45) is 0.553. The van der Waals surface area contributed by atoms with Crippen LogP contribution in [-0.4, -0.2) is 27.0 Å². The predicted octanol–water partition coefficient (Wildman–Crippen LogP) is 2.56. The van der Waals surface area contributed by atoms with Gasteiger partial charge in [0.2, 0.25) is 0 Å². The first-order chi connectivity index (χ1) is 14.1. The molecule has 1 aromatic heterocycles. The summed E-state index contributed by atoms with van der Waals surface area (Å²) in [4.78, 5) is 23.1. The number of hydrogen-bond acceptors (Lipinski definition) is 5. The summed E-state index contributed by atoms with van der Waals surface area (Å²) in [5.74, 6) is 0.657. The van der Waals surface area contributed by atoms with Crippen LogP contribution in [0.25, 0.3) is 5.69 Å². The maximum atomic E-state index is 12.9. The number of benzene rings is 2. The Balaban J connectivity index is 1.66. The highest BCUT2D eigenvalue weighted by Gasteiger charge is 2.10. The molecule has 0 bridgehead atoms. The van der Waals surface area contributed by atoms with E-state index in [1.54, 1.807) is 24.3 Å². The lowest BCUT2D eigenvalue weighted by Gasteiger charge is -2.07. The van der Waals surface area contributed by atoms with Crippen LogP contribution in [0.4, 0.5) is 9.18 Å². The lowest BCUT2D eigenvalue weighted by atomic mass is 10.2. The molecule has 0 atom stereocenters. The third kappa shape index (κ3) is 5.32. The lowest BCUT2D eigenvalue weighted by Crippen LogP contribution is -2.26. The van der Waals surface area contributed by atoms with Gasteiger partial charge in [-0.25, -0.2) is 23.2 Å². The quantitative estimate of drug-likeness (QED) is 0.628. The van der Waals surface area contributed by atoms with Crippen molar-refractivity contribution in [2.24, 2.45) is 5.73 Å². The van der Waals surface area contributed by atoms with E-state index in [0.29, 0.717) is 18.0 Å². The number of nitrogens with two attached hydrogens (primary N) is 1. The zero-order chi connectivity index (χ0) is 20.6. The summed E-state index contributed by atoms with van der Waals surface area (Å²) < 4.78 is 25.6. The van der Waals surface area contributed by atoms with E-state index in [0.717, 1.165) is 10.2 Å². The van der Waals surface area contributed by atoms with E-state index in [-0.39, 0.29) is 25.1 Å². The molecule has 0 aliphatic rings. The number of aromatic nitrogens is 3. The Kier molecular flexibility index (Phi) is 6.41. The Morgan fingerprint density at radius 1 is 1.14 bits per heavy atom. The topological polar surface area (TPSA) is 101 Å². The van der Waals surface area contributed by atoms with Crippen molar-refractivity contribution in [2.75, 3.05) is 6.61 Å². The molecular formula is C20H19FN4O4. The van der Waals surface area contributed by atoms with Crippen molar-refractivity contribution in [3.05, 3.63) is 88.9 Å². The fourth-order valence-corrected chi connectivity index (χ4v) is 2.53. The van der Waals surface area contributed by atoms with Crippen molar-refractivity contribution in [1.29, 1.82) is 0 Å². The summed E-state index contributed by atoms with van der Waals surface area (Å²) in [6, 6.07) is 16.7. The molecule has 9 heteroatoms. The summed E-state index contributed by atoms with van der Waals surface area (Å²) in [6.45, 7) is -0.101. The molecule has 0 saturated carbocycles. The van der Waals surface area contributed by atoms with E-state index >= 15 is 0 Å². The maximum absolute atomic E-state index is 12.9. The first-order valence-corrected chi connectivity index (χ1v) is 8.69. The van der Waals surface area contributed by atoms with Crippen molar-refractivity contribution in [3.63, 3.8) is 0 Å². The van der Waals surface area contributed by atoms with Gasteiger partial charge in [0.25, 0.3) is 0 Å². The van der Waals surface area contributed by atoms with E-state index in [2.05, 4.69) is 9.84 Å². The molecule has 0 aliphatic carbocycles. The third-order valence-corrected chi connectivity index (χ3v) is 4.00. The van der Waals surface area contributed by atoms with E-state index < -0.39 is 11.8 Å². The summed E-state index contributed by atoms with van der Waals surface area (Å²) in [5, 5.41) is 3.96. The molecule has 150 valence electrons. The first-order valence-electron chi connectivity index (χ1n) is 8.69. The van der Waals surface area contributed by atoms with Crippen LogP contribution in [0.1, 0.15) is 5.56 Å². The number of halogens is 1.